The van der Waals surface area contributed by atoms with Gasteiger partial charge in [-0.25, -0.2) is 4.39 Å². The van der Waals surface area contributed by atoms with Gasteiger partial charge in [-0.05, 0) is 24.3 Å². The number of rotatable bonds is 3. The van der Waals surface area contributed by atoms with Crippen LogP contribution in [0.3, 0.4) is 0 Å². The van der Waals surface area contributed by atoms with Gasteiger partial charge < -0.3 is 4.74 Å². The van der Waals surface area contributed by atoms with Crippen LogP contribution in [-0.4, -0.2) is 6.29 Å². The Labute approximate surface area is 104 Å². The zero-order valence-electron chi connectivity index (χ0n) is 7.94. The van der Waals surface area contributed by atoms with Crippen LogP contribution in [0.1, 0.15) is 9.67 Å². The summed E-state index contributed by atoms with van der Waals surface area (Å²) in [6.45, 7) is 0. The lowest BCUT2D eigenvalue weighted by molar-refractivity contribution is 0.112. The first-order chi connectivity index (χ1) is 7.67. The molecule has 0 unspecified atom stereocenters. The highest BCUT2D eigenvalue weighted by Gasteiger charge is 2.04. The summed E-state index contributed by atoms with van der Waals surface area (Å²) in [5.74, 6) is 0.0164. The number of hydrogen-bond acceptors (Lipinski definition) is 3. The predicted octanol–water partition coefficient (Wildman–Crippen LogP) is 4.25. The molecule has 2 rings (SSSR count). The number of carbonyl (C=O) groups excluding carboxylic acids is 1. The van der Waals surface area contributed by atoms with Crippen molar-refractivity contribution in [3.63, 3.8) is 0 Å². The van der Waals surface area contributed by atoms with E-state index in [-0.39, 0.29) is 5.82 Å². The van der Waals surface area contributed by atoms with Gasteiger partial charge in [0.05, 0.1) is 4.88 Å². The van der Waals surface area contributed by atoms with E-state index in [2.05, 4.69) is 15.9 Å². The van der Waals surface area contributed by atoms with Crippen LogP contribution < -0.4 is 4.74 Å². The molecule has 0 spiro atoms. The quantitative estimate of drug-likeness (QED) is 0.792. The maximum atomic E-state index is 13.0. The van der Waals surface area contributed by atoms with Crippen molar-refractivity contribution in [3.05, 3.63) is 45.5 Å². The number of ether oxygens (including phenoxy) is 1. The topological polar surface area (TPSA) is 26.3 Å². The van der Waals surface area contributed by atoms with E-state index in [0.717, 1.165) is 6.29 Å². The number of thiophene rings is 1. The Bertz CT molecular complexity index is 504. The normalized spacial score (nSPS) is 10.1. The Balaban J connectivity index is 2.22. The van der Waals surface area contributed by atoms with Crippen molar-refractivity contribution in [1.29, 1.82) is 0 Å². The Morgan fingerprint density at radius 2 is 2.12 bits per heavy atom. The zero-order chi connectivity index (χ0) is 11.5. The smallest absolute Gasteiger partial charge is 0.181 e. The molecule has 1 aromatic heterocycles. The summed E-state index contributed by atoms with van der Waals surface area (Å²) in [6.07, 6.45) is 0.749. The van der Waals surface area contributed by atoms with Crippen LogP contribution in [0.2, 0.25) is 0 Å². The highest BCUT2D eigenvalue weighted by atomic mass is 79.9. The van der Waals surface area contributed by atoms with Gasteiger partial charge in [0.15, 0.2) is 11.3 Å². The first-order valence-corrected chi connectivity index (χ1v) is 5.97. The SMILES string of the molecule is O=Cc1ccc(Oc2cc(F)cc(Br)c2)s1. The molecule has 16 heavy (non-hydrogen) atoms. The lowest BCUT2D eigenvalue weighted by Gasteiger charge is -2.03. The van der Waals surface area contributed by atoms with Gasteiger partial charge in [-0.2, -0.15) is 0 Å². The third kappa shape index (κ3) is 2.68. The minimum Gasteiger partial charge on any atom is -0.447 e. The van der Waals surface area contributed by atoms with Crippen LogP contribution in [0.4, 0.5) is 4.39 Å². The van der Waals surface area contributed by atoms with Crippen molar-refractivity contribution in [2.24, 2.45) is 0 Å². The Hall–Kier alpha value is -1.20. The van der Waals surface area contributed by atoms with Crippen molar-refractivity contribution in [1.82, 2.24) is 0 Å². The minimum absolute atomic E-state index is 0.378. The Morgan fingerprint density at radius 3 is 2.75 bits per heavy atom. The second-order valence-electron chi connectivity index (χ2n) is 2.98. The Morgan fingerprint density at radius 1 is 1.31 bits per heavy atom. The molecule has 82 valence electrons. The number of halogens is 2. The minimum atomic E-state index is -0.378. The standard InChI is InChI=1S/C11H6BrFO2S/c12-7-3-8(13)5-9(4-7)15-11-2-1-10(6-14)16-11/h1-6H. The fourth-order valence-corrected chi connectivity index (χ4v) is 2.29. The molecule has 0 atom stereocenters. The highest BCUT2D eigenvalue weighted by Crippen LogP contribution is 2.30. The third-order valence-electron chi connectivity index (χ3n) is 1.77. The van der Waals surface area contributed by atoms with Crippen LogP contribution in [0.5, 0.6) is 10.8 Å². The first-order valence-electron chi connectivity index (χ1n) is 4.36. The van der Waals surface area contributed by atoms with Gasteiger partial charge in [-0.3, -0.25) is 4.79 Å². The number of benzene rings is 1. The lowest BCUT2D eigenvalue weighted by atomic mass is 10.3. The van der Waals surface area contributed by atoms with Crippen molar-refractivity contribution < 1.29 is 13.9 Å². The van der Waals surface area contributed by atoms with Crippen LogP contribution in [0.15, 0.2) is 34.8 Å². The number of aldehydes is 1. The molecule has 0 amide bonds. The molecule has 0 fully saturated rings. The fourth-order valence-electron chi connectivity index (χ4n) is 1.16. The van der Waals surface area contributed by atoms with Gasteiger partial charge >= 0.3 is 0 Å². The summed E-state index contributed by atoms with van der Waals surface area (Å²) in [4.78, 5) is 11.0. The monoisotopic (exact) mass is 300 g/mol. The van der Waals surface area contributed by atoms with E-state index in [0.29, 0.717) is 20.2 Å². The van der Waals surface area contributed by atoms with Gasteiger partial charge in [-0.1, -0.05) is 27.3 Å². The van der Waals surface area contributed by atoms with Crippen LogP contribution >= 0.6 is 27.3 Å². The molecular weight excluding hydrogens is 295 g/mol. The van der Waals surface area contributed by atoms with Crippen LogP contribution in [0.25, 0.3) is 0 Å². The van der Waals surface area contributed by atoms with Crippen molar-refractivity contribution in [3.8, 4) is 10.8 Å². The summed E-state index contributed by atoms with van der Waals surface area (Å²) in [7, 11) is 0. The summed E-state index contributed by atoms with van der Waals surface area (Å²) >= 11 is 4.38. The van der Waals surface area contributed by atoms with E-state index in [1.54, 1.807) is 18.2 Å². The van der Waals surface area contributed by atoms with Gasteiger partial charge in [-0.15, -0.1) is 0 Å². The summed E-state index contributed by atoms with van der Waals surface area (Å²) in [5, 5.41) is 0.555. The summed E-state index contributed by atoms with van der Waals surface area (Å²) in [5.41, 5.74) is 0. The molecule has 0 saturated carbocycles. The lowest BCUT2D eigenvalue weighted by Crippen LogP contribution is -1.82. The Kier molecular flexibility index (Phi) is 3.36. The fraction of sp³-hybridized carbons (Fsp3) is 0. The molecule has 0 bridgehead atoms. The first kappa shape index (κ1) is 11.3. The third-order valence-corrected chi connectivity index (χ3v) is 3.12. The van der Waals surface area contributed by atoms with Gasteiger partial charge in [0.1, 0.15) is 11.6 Å². The molecule has 0 radical (unpaired) electrons. The second-order valence-corrected chi connectivity index (χ2v) is 4.98. The van der Waals surface area contributed by atoms with Gasteiger partial charge in [0.2, 0.25) is 0 Å². The van der Waals surface area contributed by atoms with Gasteiger partial charge in [0.25, 0.3) is 0 Å². The van der Waals surface area contributed by atoms with Crippen molar-refractivity contribution in [2.75, 3.05) is 0 Å². The van der Waals surface area contributed by atoms with E-state index < -0.39 is 0 Å². The molecule has 5 heteroatoms. The summed E-state index contributed by atoms with van der Waals surface area (Å²) < 4.78 is 19.1. The number of hydrogen-bond donors (Lipinski definition) is 0. The van der Waals surface area contributed by atoms with Gasteiger partial charge in [0, 0.05) is 10.5 Å². The predicted molar refractivity (Wildman–Crippen MR) is 63.9 cm³/mol. The van der Waals surface area contributed by atoms with Crippen LogP contribution in [0, 0.1) is 5.82 Å². The average Bonchev–Trinajstić information content (AvgIpc) is 2.64. The highest BCUT2D eigenvalue weighted by molar-refractivity contribution is 9.10. The largest absolute Gasteiger partial charge is 0.447 e. The van der Waals surface area contributed by atoms with E-state index in [4.69, 9.17) is 4.74 Å². The van der Waals surface area contributed by atoms with E-state index >= 15 is 0 Å². The zero-order valence-corrected chi connectivity index (χ0v) is 10.3. The molecule has 0 aliphatic rings. The summed E-state index contributed by atoms with van der Waals surface area (Å²) in [6, 6.07) is 7.61. The molecule has 2 nitrogen and oxygen atoms in total. The molecule has 2 aromatic rings. The molecular formula is C11H6BrFO2S. The second kappa shape index (κ2) is 4.76. The van der Waals surface area contributed by atoms with Crippen molar-refractivity contribution >= 4 is 33.6 Å². The van der Waals surface area contributed by atoms with Crippen LogP contribution in [-0.2, 0) is 0 Å². The maximum Gasteiger partial charge on any atom is 0.181 e. The van der Waals surface area contributed by atoms with E-state index in [9.17, 15) is 9.18 Å². The van der Waals surface area contributed by atoms with Crippen molar-refractivity contribution in [2.45, 2.75) is 0 Å². The molecule has 0 aliphatic heterocycles. The molecule has 1 heterocycles. The number of carbonyl (C=O) groups is 1. The average molecular weight is 301 g/mol. The molecule has 0 saturated heterocycles. The molecule has 0 aliphatic carbocycles. The maximum absolute atomic E-state index is 13.0. The molecule has 0 N–H and O–H groups in total. The molecule has 1 aromatic carbocycles. The van der Waals surface area contributed by atoms with E-state index in [1.807, 2.05) is 0 Å². The van der Waals surface area contributed by atoms with E-state index in [1.165, 1.54) is 23.5 Å².